The highest BCUT2D eigenvalue weighted by atomic mass is 35.5. The average molecular weight is 325 g/mol. The first-order valence-electron chi connectivity index (χ1n) is 5.84. The second-order valence-electron chi connectivity index (χ2n) is 4.04. The molecule has 1 rings (SSSR count). The fraction of sp³-hybridized carbons (Fsp3) is 0.600. The third kappa shape index (κ3) is 5.45. The van der Waals surface area contributed by atoms with Crippen LogP contribution in [0.1, 0.15) is 6.42 Å². The topological polar surface area (TPSA) is 116 Å². The average Bonchev–Trinajstić information content (AvgIpc) is 2.37. The second kappa shape index (κ2) is 7.58. The Kier molecular flexibility index (Phi) is 6.40. The normalized spacial score (nSPS) is 11.6. The van der Waals surface area contributed by atoms with Crippen LogP contribution >= 0.6 is 11.6 Å². The van der Waals surface area contributed by atoms with Crippen molar-refractivity contribution < 1.29 is 13.2 Å². The molecule has 0 aliphatic carbocycles. The van der Waals surface area contributed by atoms with E-state index in [0.29, 0.717) is 31.8 Å². The second-order valence-corrected chi connectivity index (χ2v) is 6.15. The third-order valence-electron chi connectivity index (χ3n) is 2.41. The Hall–Kier alpha value is -1.16. The van der Waals surface area contributed by atoms with E-state index in [1.165, 1.54) is 18.0 Å². The van der Waals surface area contributed by atoms with Gasteiger partial charge >= 0.3 is 0 Å². The van der Waals surface area contributed by atoms with Gasteiger partial charge in [0.2, 0.25) is 10.0 Å². The molecule has 1 heterocycles. The van der Waals surface area contributed by atoms with Crippen molar-refractivity contribution in [3.63, 3.8) is 0 Å². The fourth-order valence-electron chi connectivity index (χ4n) is 1.42. The quantitative estimate of drug-likeness (QED) is 0.630. The van der Waals surface area contributed by atoms with Gasteiger partial charge in [-0.15, -0.1) is 0 Å². The zero-order valence-electron chi connectivity index (χ0n) is 11.0. The SMILES string of the molecule is COCCn1ncc(NCCCS(N)(=O)=O)c(Cl)c1=O. The number of sulfonamides is 1. The summed E-state index contributed by atoms with van der Waals surface area (Å²) >= 11 is 5.93. The molecule has 10 heteroatoms. The maximum absolute atomic E-state index is 11.8. The lowest BCUT2D eigenvalue weighted by atomic mass is 10.4. The molecule has 0 fully saturated rings. The van der Waals surface area contributed by atoms with Crippen LogP contribution in [0.15, 0.2) is 11.0 Å². The van der Waals surface area contributed by atoms with Crippen LogP contribution in [-0.4, -0.2) is 44.2 Å². The summed E-state index contributed by atoms with van der Waals surface area (Å²) in [5.74, 6) is -0.143. The first-order valence-corrected chi connectivity index (χ1v) is 7.93. The van der Waals surface area contributed by atoms with E-state index in [1.54, 1.807) is 0 Å². The van der Waals surface area contributed by atoms with Gasteiger partial charge in [-0.2, -0.15) is 5.10 Å². The van der Waals surface area contributed by atoms with Crippen molar-refractivity contribution >= 4 is 27.3 Å². The van der Waals surface area contributed by atoms with Crippen LogP contribution in [0, 0.1) is 0 Å². The van der Waals surface area contributed by atoms with Crippen molar-refractivity contribution in [1.29, 1.82) is 0 Å². The number of hydrogen-bond acceptors (Lipinski definition) is 6. The van der Waals surface area contributed by atoms with Crippen LogP contribution in [0.4, 0.5) is 5.69 Å². The van der Waals surface area contributed by atoms with Crippen LogP contribution in [0.2, 0.25) is 5.02 Å². The molecule has 0 aromatic carbocycles. The molecule has 0 saturated heterocycles. The van der Waals surface area contributed by atoms with E-state index in [1.807, 2.05) is 0 Å². The molecule has 0 spiro atoms. The molecule has 0 saturated carbocycles. The van der Waals surface area contributed by atoms with Crippen LogP contribution in [-0.2, 0) is 21.3 Å². The molecule has 0 amide bonds. The number of aromatic nitrogens is 2. The number of halogens is 1. The van der Waals surface area contributed by atoms with E-state index in [9.17, 15) is 13.2 Å². The Morgan fingerprint density at radius 2 is 2.25 bits per heavy atom. The van der Waals surface area contributed by atoms with Gasteiger partial charge in [0, 0.05) is 13.7 Å². The van der Waals surface area contributed by atoms with Crippen molar-refractivity contribution in [3.05, 3.63) is 21.6 Å². The van der Waals surface area contributed by atoms with Gasteiger partial charge in [-0.3, -0.25) is 4.79 Å². The Labute approximate surface area is 121 Å². The van der Waals surface area contributed by atoms with Crippen molar-refractivity contribution in [2.45, 2.75) is 13.0 Å². The highest BCUT2D eigenvalue weighted by molar-refractivity contribution is 7.89. The van der Waals surface area contributed by atoms with E-state index in [4.69, 9.17) is 21.5 Å². The molecule has 3 N–H and O–H groups in total. The molecule has 0 radical (unpaired) electrons. The van der Waals surface area contributed by atoms with Crippen molar-refractivity contribution in [3.8, 4) is 0 Å². The Morgan fingerprint density at radius 1 is 1.55 bits per heavy atom. The minimum Gasteiger partial charge on any atom is -0.383 e. The molecule has 0 atom stereocenters. The molecule has 0 aliphatic rings. The van der Waals surface area contributed by atoms with E-state index in [2.05, 4.69) is 10.4 Å². The predicted molar refractivity (Wildman–Crippen MR) is 76.5 cm³/mol. The van der Waals surface area contributed by atoms with Gasteiger partial charge < -0.3 is 10.1 Å². The van der Waals surface area contributed by atoms with Gasteiger partial charge in [0.25, 0.3) is 5.56 Å². The number of nitrogens with two attached hydrogens (primary N) is 1. The van der Waals surface area contributed by atoms with E-state index in [0.717, 1.165) is 0 Å². The maximum Gasteiger partial charge on any atom is 0.287 e. The zero-order chi connectivity index (χ0) is 15.2. The molecule has 8 nitrogen and oxygen atoms in total. The Balaban J connectivity index is 2.64. The lowest BCUT2D eigenvalue weighted by molar-refractivity contribution is 0.182. The molecule has 0 aliphatic heterocycles. The van der Waals surface area contributed by atoms with Gasteiger partial charge in [0.1, 0.15) is 5.02 Å². The number of methoxy groups -OCH3 is 1. The predicted octanol–water partition coefficient (Wildman–Crippen LogP) is -0.366. The van der Waals surface area contributed by atoms with Gasteiger partial charge in [0.15, 0.2) is 0 Å². The molecule has 0 unspecified atom stereocenters. The lowest BCUT2D eigenvalue weighted by Gasteiger charge is -2.09. The number of ether oxygens (including phenoxy) is 1. The Bertz CT molecular complexity index is 602. The first kappa shape index (κ1) is 16.9. The number of rotatable bonds is 8. The summed E-state index contributed by atoms with van der Waals surface area (Å²) in [7, 11) is -1.96. The maximum atomic E-state index is 11.8. The van der Waals surface area contributed by atoms with Gasteiger partial charge in [-0.05, 0) is 6.42 Å². The van der Waals surface area contributed by atoms with Crippen LogP contribution in [0.3, 0.4) is 0 Å². The number of anilines is 1. The minimum absolute atomic E-state index is 0.00621. The van der Waals surface area contributed by atoms with Crippen LogP contribution < -0.4 is 16.0 Å². The molecule has 0 bridgehead atoms. The molecular formula is C10H17ClN4O4S. The van der Waals surface area contributed by atoms with Crippen molar-refractivity contribution in [1.82, 2.24) is 9.78 Å². The number of hydrogen-bond donors (Lipinski definition) is 2. The van der Waals surface area contributed by atoms with Crippen LogP contribution in [0.5, 0.6) is 0 Å². The monoisotopic (exact) mass is 324 g/mol. The Morgan fingerprint density at radius 3 is 2.85 bits per heavy atom. The highest BCUT2D eigenvalue weighted by Gasteiger charge is 2.09. The summed E-state index contributed by atoms with van der Waals surface area (Å²) in [5, 5.41) is 11.7. The summed E-state index contributed by atoms with van der Waals surface area (Å²) in [6, 6.07) is 0. The zero-order valence-corrected chi connectivity index (χ0v) is 12.6. The molecule has 1 aromatic rings. The molecule has 1 aromatic heterocycles. The largest absolute Gasteiger partial charge is 0.383 e. The van der Waals surface area contributed by atoms with Crippen LogP contribution in [0.25, 0.3) is 0 Å². The van der Waals surface area contributed by atoms with Gasteiger partial charge in [-0.25, -0.2) is 18.2 Å². The summed E-state index contributed by atoms with van der Waals surface area (Å²) < 4.78 is 27.6. The van der Waals surface area contributed by atoms with Gasteiger partial charge in [-0.1, -0.05) is 11.6 Å². The molecular weight excluding hydrogens is 308 g/mol. The summed E-state index contributed by atoms with van der Waals surface area (Å²) in [4.78, 5) is 11.8. The molecule has 114 valence electrons. The fourth-order valence-corrected chi connectivity index (χ4v) is 2.18. The van der Waals surface area contributed by atoms with E-state index < -0.39 is 15.6 Å². The lowest BCUT2D eigenvalue weighted by Crippen LogP contribution is -2.26. The van der Waals surface area contributed by atoms with E-state index in [-0.39, 0.29) is 10.8 Å². The highest BCUT2D eigenvalue weighted by Crippen LogP contribution is 2.14. The van der Waals surface area contributed by atoms with E-state index >= 15 is 0 Å². The standard InChI is InChI=1S/C10H17ClN4O4S/c1-19-5-4-15-10(16)9(11)8(7-14-15)13-3-2-6-20(12,17)18/h7,13H,2-6H2,1H3,(H2,12,17,18). The number of nitrogens with one attached hydrogen (secondary N) is 1. The number of primary sulfonamides is 1. The van der Waals surface area contributed by atoms with Crippen molar-refractivity contribution in [2.24, 2.45) is 5.14 Å². The summed E-state index contributed by atoms with van der Waals surface area (Å²) in [6.07, 6.45) is 1.72. The first-order chi connectivity index (χ1) is 9.35. The van der Waals surface area contributed by atoms with Gasteiger partial charge in [0.05, 0.1) is 30.8 Å². The minimum atomic E-state index is -3.48. The number of nitrogens with zero attached hydrogens (tertiary/aromatic N) is 2. The summed E-state index contributed by atoms with van der Waals surface area (Å²) in [6.45, 7) is 0.977. The molecule has 20 heavy (non-hydrogen) atoms. The third-order valence-corrected chi connectivity index (χ3v) is 3.64. The summed E-state index contributed by atoms with van der Waals surface area (Å²) in [5.41, 5.74) is -0.0695. The van der Waals surface area contributed by atoms with Crippen molar-refractivity contribution in [2.75, 3.05) is 31.3 Å². The smallest absolute Gasteiger partial charge is 0.287 e.